The molecule has 1 fully saturated rings. The highest BCUT2D eigenvalue weighted by Gasteiger charge is 2.18. The lowest BCUT2D eigenvalue weighted by Gasteiger charge is -2.32. The summed E-state index contributed by atoms with van der Waals surface area (Å²) >= 11 is 5.54. The number of rotatable bonds is 7. The normalized spacial score (nSPS) is 23.0. The van der Waals surface area contributed by atoms with E-state index in [1.165, 1.54) is 25.9 Å². The number of hydrogen-bond acceptors (Lipinski definition) is 3. The van der Waals surface area contributed by atoms with Crippen molar-refractivity contribution in [3.05, 3.63) is 11.6 Å². The third kappa shape index (κ3) is 5.85. The minimum absolute atomic E-state index is 0.773. The average Bonchev–Trinajstić information content (AvgIpc) is 2.33. The molecular weight excluding hydrogens is 224 g/mol. The first-order chi connectivity index (χ1) is 7.86. The van der Waals surface area contributed by atoms with Gasteiger partial charge in [0.1, 0.15) is 0 Å². The number of hydrogen-bond donors (Lipinski definition) is 1. The van der Waals surface area contributed by atoms with E-state index in [-0.39, 0.29) is 0 Å². The number of piperidine rings is 1. The Bertz CT molecular complexity index is 199. The first-order valence-corrected chi connectivity index (χ1v) is 6.47. The molecule has 1 atom stereocenters. The van der Waals surface area contributed by atoms with Gasteiger partial charge in [0.2, 0.25) is 0 Å². The summed E-state index contributed by atoms with van der Waals surface area (Å²) in [6, 6.07) is 0. The van der Waals surface area contributed by atoms with E-state index in [2.05, 4.69) is 10.2 Å². The lowest BCUT2D eigenvalue weighted by atomic mass is 9.98. The molecule has 1 saturated heterocycles. The van der Waals surface area contributed by atoms with Gasteiger partial charge in [0.15, 0.2) is 0 Å². The maximum absolute atomic E-state index is 5.54. The number of ether oxygens (including phenoxy) is 1. The molecule has 0 spiro atoms. The lowest BCUT2D eigenvalue weighted by Crippen LogP contribution is -2.40. The molecule has 1 aliphatic rings. The Kier molecular flexibility index (Phi) is 7.85. The van der Waals surface area contributed by atoms with Crippen molar-refractivity contribution < 1.29 is 4.74 Å². The van der Waals surface area contributed by atoms with Crippen molar-refractivity contribution in [2.75, 3.05) is 46.4 Å². The minimum Gasteiger partial charge on any atom is -0.383 e. The Labute approximate surface area is 104 Å². The topological polar surface area (TPSA) is 24.5 Å². The summed E-state index contributed by atoms with van der Waals surface area (Å²) in [7, 11) is 1.74. The third-order valence-corrected chi connectivity index (χ3v) is 3.15. The Morgan fingerprint density at radius 3 is 3.19 bits per heavy atom. The van der Waals surface area contributed by atoms with Gasteiger partial charge in [0, 0.05) is 32.3 Å². The van der Waals surface area contributed by atoms with Gasteiger partial charge in [-0.25, -0.2) is 0 Å². The molecule has 0 aliphatic carbocycles. The van der Waals surface area contributed by atoms with Gasteiger partial charge in [0.25, 0.3) is 0 Å². The lowest BCUT2D eigenvalue weighted by molar-refractivity contribution is 0.175. The van der Waals surface area contributed by atoms with Gasteiger partial charge in [0.05, 0.1) is 6.61 Å². The van der Waals surface area contributed by atoms with Crippen LogP contribution in [0.3, 0.4) is 0 Å². The van der Waals surface area contributed by atoms with Crippen LogP contribution in [0.25, 0.3) is 0 Å². The Hall–Kier alpha value is -0.0900. The summed E-state index contributed by atoms with van der Waals surface area (Å²) in [5.74, 6) is 0.773. The first-order valence-electron chi connectivity index (χ1n) is 6.04. The van der Waals surface area contributed by atoms with E-state index in [0.717, 1.165) is 32.2 Å². The number of halogens is 1. The molecule has 16 heavy (non-hydrogen) atoms. The van der Waals surface area contributed by atoms with Crippen LogP contribution < -0.4 is 5.32 Å². The predicted molar refractivity (Wildman–Crippen MR) is 68.9 cm³/mol. The van der Waals surface area contributed by atoms with E-state index < -0.39 is 0 Å². The van der Waals surface area contributed by atoms with Gasteiger partial charge in [-0.2, -0.15) is 0 Å². The van der Waals surface area contributed by atoms with E-state index in [1.807, 2.05) is 6.08 Å². The molecule has 1 heterocycles. The molecule has 1 N–H and O–H groups in total. The van der Waals surface area contributed by atoms with Crippen LogP contribution in [-0.2, 0) is 4.74 Å². The maximum Gasteiger partial charge on any atom is 0.0587 e. The maximum atomic E-state index is 5.54. The fourth-order valence-corrected chi connectivity index (χ4v) is 2.23. The van der Waals surface area contributed by atoms with Crippen molar-refractivity contribution in [1.82, 2.24) is 10.2 Å². The van der Waals surface area contributed by atoms with Crippen molar-refractivity contribution >= 4 is 11.6 Å². The quantitative estimate of drug-likeness (QED) is 0.692. The van der Waals surface area contributed by atoms with Gasteiger partial charge < -0.3 is 10.1 Å². The second kappa shape index (κ2) is 8.99. The fourth-order valence-electron chi connectivity index (χ4n) is 2.15. The smallest absolute Gasteiger partial charge is 0.0587 e. The Morgan fingerprint density at radius 2 is 2.44 bits per heavy atom. The van der Waals surface area contributed by atoms with Gasteiger partial charge >= 0.3 is 0 Å². The molecule has 0 radical (unpaired) electrons. The van der Waals surface area contributed by atoms with Crippen LogP contribution in [0.5, 0.6) is 0 Å². The summed E-state index contributed by atoms with van der Waals surface area (Å²) < 4.78 is 5.01. The van der Waals surface area contributed by atoms with Crippen molar-refractivity contribution in [3.63, 3.8) is 0 Å². The van der Waals surface area contributed by atoms with Crippen LogP contribution in [0.2, 0.25) is 0 Å². The highest BCUT2D eigenvalue weighted by atomic mass is 35.5. The molecule has 0 aromatic carbocycles. The molecule has 1 rings (SSSR count). The van der Waals surface area contributed by atoms with Crippen molar-refractivity contribution in [2.24, 2.45) is 5.92 Å². The van der Waals surface area contributed by atoms with Gasteiger partial charge in [-0.3, -0.25) is 4.90 Å². The van der Waals surface area contributed by atoms with E-state index in [4.69, 9.17) is 16.3 Å². The van der Waals surface area contributed by atoms with E-state index in [0.29, 0.717) is 0 Å². The van der Waals surface area contributed by atoms with Crippen LogP contribution in [0.4, 0.5) is 0 Å². The summed E-state index contributed by atoms with van der Waals surface area (Å²) in [5.41, 5.74) is 1.61. The molecule has 1 unspecified atom stereocenters. The zero-order valence-corrected chi connectivity index (χ0v) is 10.9. The molecule has 0 amide bonds. The zero-order chi connectivity index (χ0) is 11.6. The summed E-state index contributed by atoms with van der Waals surface area (Å²) in [6.07, 6.45) is 4.65. The molecule has 1 aliphatic heterocycles. The molecule has 0 aromatic rings. The van der Waals surface area contributed by atoms with Gasteiger partial charge in [-0.1, -0.05) is 17.7 Å². The average molecular weight is 247 g/mol. The largest absolute Gasteiger partial charge is 0.383 e. The second-order valence-electron chi connectivity index (χ2n) is 4.33. The molecule has 0 saturated carbocycles. The highest BCUT2D eigenvalue weighted by molar-refractivity contribution is 6.25. The molecule has 4 heteroatoms. The number of nitrogens with zero attached hydrogens (tertiary/aromatic N) is 1. The van der Waals surface area contributed by atoms with Crippen molar-refractivity contribution in [3.8, 4) is 0 Å². The zero-order valence-electron chi connectivity index (χ0n) is 10.1. The summed E-state index contributed by atoms with van der Waals surface area (Å²) in [5, 5.41) is 3.44. The summed E-state index contributed by atoms with van der Waals surface area (Å²) in [4.78, 5) is 2.46. The van der Waals surface area contributed by atoms with Crippen LogP contribution in [-0.4, -0.2) is 51.3 Å². The molecule has 0 bridgehead atoms. The number of nitrogens with one attached hydrogen (secondary N) is 1. The van der Waals surface area contributed by atoms with Crippen LogP contribution in [0.15, 0.2) is 11.6 Å². The monoisotopic (exact) mass is 246 g/mol. The Balaban J connectivity index is 2.12. The second-order valence-corrected chi connectivity index (χ2v) is 4.58. The molecule has 0 aromatic heterocycles. The number of likely N-dealkylation sites (tertiary alicyclic amines) is 1. The Morgan fingerprint density at radius 1 is 1.56 bits per heavy atom. The fraction of sp³-hybridized carbons (Fsp3) is 0.833. The minimum atomic E-state index is 0.773. The predicted octanol–water partition coefficient (Wildman–Crippen LogP) is 1.69. The third-order valence-electron chi connectivity index (χ3n) is 2.97. The van der Waals surface area contributed by atoms with Crippen LogP contribution >= 0.6 is 11.6 Å². The van der Waals surface area contributed by atoms with E-state index in [1.54, 1.807) is 12.6 Å². The van der Waals surface area contributed by atoms with Crippen LogP contribution in [0, 0.1) is 5.92 Å². The van der Waals surface area contributed by atoms with Crippen LogP contribution in [0.1, 0.15) is 12.8 Å². The first kappa shape index (κ1) is 14.0. The van der Waals surface area contributed by atoms with E-state index >= 15 is 0 Å². The SMILES string of the molecule is COCCNCC1CCCN(CC=CCl)C1. The highest BCUT2D eigenvalue weighted by Crippen LogP contribution is 2.15. The van der Waals surface area contributed by atoms with Gasteiger partial charge in [-0.15, -0.1) is 0 Å². The molecule has 3 nitrogen and oxygen atoms in total. The van der Waals surface area contributed by atoms with Crippen molar-refractivity contribution in [2.45, 2.75) is 12.8 Å². The molecule has 94 valence electrons. The number of methoxy groups -OCH3 is 1. The van der Waals surface area contributed by atoms with Crippen molar-refractivity contribution in [1.29, 1.82) is 0 Å². The summed E-state index contributed by atoms with van der Waals surface area (Å²) in [6.45, 7) is 6.22. The van der Waals surface area contributed by atoms with E-state index in [9.17, 15) is 0 Å². The standard InChI is InChI=1S/C12H23ClN2O/c1-16-9-6-14-10-12-4-2-7-15(11-12)8-3-5-13/h3,5,12,14H,2,4,6-11H2,1H3. The van der Waals surface area contributed by atoms with Gasteiger partial charge in [-0.05, 0) is 31.8 Å². The molecular formula is C12H23ClN2O.